The molecule has 152 valence electrons. The third kappa shape index (κ3) is 3.32. The Bertz CT molecular complexity index is 722. The van der Waals surface area contributed by atoms with Crippen molar-refractivity contribution in [3.05, 3.63) is 29.6 Å². The van der Waals surface area contributed by atoms with Crippen molar-refractivity contribution in [3.63, 3.8) is 0 Å². The Balaban J connectivity index is 1.25. The highest BCUT2D eigenvalue weighted by Crippen LogP contribution is 2.60. The van der Waals surface area contributed by atoms with Crippen LogP contribution in [0.1, 0.15) is 44.1 Å². The van der Waals surface area contributed by atoms with Crippen molar-refractivity contribution in [2.45, 2.75) is 43.9 Å². The van der Waals surface area contributed by atoms with E-state index in [0.29, 0.717) is 13.1 Å². The van der Waals surface area contributed by atoms with Crippen molar-refractivity contribution in [1.29, 1.82) is 0 Å². The summed E-state index contributed by atoms with van der Waals surface area (Å²) in [5.74, 6) is 2.34. The SMILES string of the molecule is CN1CCN(C(=O)COc2ccc(C34CC5CC(CC(C5)C3)C4)cc2F)CC1. The molecule has 0 N–H and O–H groups in total. The van der Waals surface area contributed by atoms with Gasteiger partial charge in [0.2, 0.25) is 0 Å². The number of hydrogen-bond acceptors (Lipinski definition) is 3. The largest absolute Gasteiger partial charge is 0.481 e. The van der Waals surface area contributed by atoms with Crippen LogP contribution >= 0.6 is 0 Å². The Hall–Kier alpha value is -1.62. The standard InChI is InChI=1S/C23H31FN2O2/c1-25-4-6-26(7-5-25)22(27)15-28-21-3-2-19(11-20(21)24)23-12-16-8-17(13-23)10-18(9-16)14-23/h2-3,11,16-18H,4-10,12-15H2,1H3. The van der Waals surface area contributed by atoms with Crippen molar-refractivity contribution >= 4 is 5.91 Å². The molecule has 0 spiro atoms. The first-order chi connectivity index (χ1) is 13.5. The second kappa shape index (κ2) is 7.01. The van der Waals surface area contributed by atoms with E-state index in [4.69, 9.17) is 4.74 Å². The molecule has 5 heteroatoms. The van der Waals surface area contributed by atoms with E-state index in [1.807, 2.05) is 4.90 Å². The van der Waals surface area contributed by atoms with Gasteiger partial charge in [0.15, 0.2) is 18.2 Å². The van der Waals surface area contributed by atoms with Gasteiger partial charge in [-0.05, 0) is 86.4 Å². The first kappa shape index (κ1) is 18.4. The monoisotopic (exact) mass is 386 g/mol. The van der Waals surface area contributed by atoms with E-state index in [2.05, 4.69) is 18.0 Å². The highest BCUT2D eigenvalue weighted by Gasteiger charge is 2.51. The van der Waals surface area contributed by atoms with Gasteiger partial charge in [-0.2, -0.15) is 0 Å². The summed E-state index contributed by atoms with van der Waals surface area (Å²) in [7, 11) is 2.05. The molecule has 0 aromatic heterocycles. The molecule has 0 unspecified atom stereocenters. The quantitative estimate of drug-likeness (QED) is 0.795. The second-order valence-corrected chi connectivity index (χ2v) is 9.82. The summed E-state index contributed by atoms with van der Waals surface area (Å²) in [6.07, 6.45) is 7.83. The Labute approximate surface area is 167 Å². The lowest BCUT2D eigenvalue weighted by Gasteiger charge is -2.57. The van der Waals surface area contributed by atoms with Crippen molar-refractivity contribution in [2.75, 3.05) is 39.8 Å². The van der Waals surface area contributed by atoms with Crippen LogP contribution in [0.15, 0.2) is 18.2 Å². The minimum Gasteiger partial charge on any atom is -0.481 e. The topological polar surface area (TPSA) is 32.8 Å². The van der Waals surface area contributed by atoms with Gasteiger partial charge >= 0.3 is 0 Å². The molecule has 1 aromatic rings. The molecule has 1 amide bonds. The van der Waals surface area contributed by atoms with Crippen LogP contribution in [0.2, 0.25) is 0 Å². The van der Waals surface area contributed by atoms with Gasteiger partial charge in [0.05, 0.1) is 0 Å². The van der Waals surface area contributed by atoms with E-state index < -0.39 is 0 Å². The molecule has 4 bridgehead atoms. The Kier molecular flexibility index (Phi) is 4.61. The van der Waals surface area contributed by atoms with Crippen LogP contribution in [-0.4, -0.2) is 55.5 Å². The zero-order chi connectivity index (χ0) is 19.3. The van der Waals surface area contributed by atoms with Crippen LogP contribution in [0.3, 0.4) is 0 Å². The molecule has 5 fully saturated rings. The lowest BCUT2D eigenvalue weighted by atomic mass is 9.48. The zero-order valence-corrected chi connectivity index (χ0v) is 16.8. The summed E-state index contributed by atoms with van der Waals surface area (Å²) >= 11 is 0. The number of amides is 1. The second-order valence-electron chi connectivity index (χ2n) is 9.82. The summed E-state index contributed by atoms with van der Waals surface area (Å²) in [5.41, 5.74) is 1.34. The van der Waals surface area contributed by atoms with Crippen LogP contribution < -0.4 is 4.74 Å². The number of hydrogen-bond donors (Lipinski definition) is 0. The van der Waals surface area contributed by atoms with Gasteiger partial charge in [-0.15, -0.1) is 0 Å². The van der Waals surface area contributed by atoms with Crippen LogP contribution in [0.25, 0.3) is 0 Å². The number of piperazine rings is 1. The number of carbonyl (C=O) groups is 1. The number of nitrogens with zero attached hydrogens (tertiary/aromatic N) is 2. The summed E-state index contributed by atoms with van der Waals surface area (Å²) in [4.78, 5) is 16.4. The zero-order valence-electron chi connectivity index (χ0n) is 16.8. The van der Waals surface area contributed by atoms with E-state index >= 15 is 0 Å². The average molecular weight is 387 g/mol. The normalized spacial score (nSPS) is 34.6. The number of benzene rings is 1. The summed E-state index contributed by atoms with van der Waals surface area (Å²) < 4.78 is 20.4. The number of rotatable bonds is 4. The molecule has 6 rings (SSSR count). The first-order valence-electron chi connectivity index (χ1n) is 10.9. The fraction of sp³-hybridized carbons (Fsp3) is 0.696. The van der Waals surface area contributed by atoms with Crippen molar-refractivity contribution < 1.29 is 13.9 Å². The average Bonchev–Trinajstić information content (AvgIpc) is 2.66. The summed E-state index contributed by atoms with van der Waals surface area (Å²) in [6.45, 7) is 3.09. The summed E-state index contributed by atoms with van der Waals surface area (Å²) in [5, 5.41) is 0. The van der Waals surface area contributed by atoms with E-state index in [1.165, 1.54) is 38.5 Å². The highest BCUT2D eigenvalue weighted by molar-refractivity contribution is 5.77. The summed E-state index contributed by atoms with van der Waals surface area (Å²) in [6, 6.07) is 5.51. The fourth-order valence-corrected chi connectivity index (χ4v) is 6.70. The molecule has 5 aliphatic rings. The van der Waals surface area contributed by atoms with Gasteiger partial charge < -0.3 is 14.5 Å². The van der Waals surface area contributed by atoms with E-state index in [9.17, 15) is 9.18 Å². The first-order valence-corrected chi connectivity index (χ1v) is 10.9. The fourth-order valence-electron chi connectivity index (χ4n) is 6.70. The van der Waals surface area contributed by atoms with Gasteiger partial charge in [0, 0.05) is 26.2 Å². The third-order valence-corrected chi connectivity index (χ3v) is 7.79. The Morgan fingerprint density at radius 3 is 2.25 bits per heavy atom. The van der Waals surface area contributed by atoms with E-state index in [0.717, 1.165) is 36.4 Å². The van der Waals surface area contributed by atoms with Crippen LogP contribution in [0.5, 0.6) is 5.75 Å². The molecule has 1 aromatic carbocycles. The van der Waals surface area contributed by atoms with Crippen LogP contribution in [-0.2, 0) is 10.2 Å². The molecule has 1 heterocycles. The lowest BCUT2D eigenvalue weighted by molar-refractivity contribution is -0.134. The van der Waals surface area contributed by atoms with Crippen molar-refractivity contribution in [3.8, 4) is 5.75 Å². The Morgan fingerprint density at radius 2 is 1.68 bits per heavy atom. The maximum absolute atomic E-state index is 14.8. The van der Waals surface area contributed by atoms with Gasteiger partial charge in [-0.1, -0.05) is 6.07 Å². The van der Waals surface area contributed by atoms with E-state index in [1.54, 1.807) is 12.1 Å². The molecule has 1 saturated heterocycles. The third-order valence-electron chi connectivity index (χ3n) is 7.79. The number of carbonyl (C=O) groups excluding carboxylic acids is 1. The smallest absolute Gasteiger partial charge is 0.260 e. The van der Waals surface area contributed by atoms with Crippen LogP contribution in [0, 0.1) is 23.6 Å². The lowest BCUT2D eigenvalue weighted by Crippen LogP contribution is -2.48. The number of halogens is 1. The molecular formula is C23H31FN2O2. The highest BCUT2D eigenvalue weighted by atomic mass is 19.1. The minimum absolute atomic E-state index is 0.0577. The molecule has 1 aliphatic heterocycles. The van der Waals surface area contributed by atoms with Gasteiger partial charge in [0.1, 0.15) is 0 Å². The van der Waals surface area contributed by atoms with E-state index in [-0.39, 0.29) is 29.5 Å². The molecule has 4 aliphatic carbocycles. The minimum atomic E-state index is -0.320. The maximum Gasteiger partial charge on any atom is 0.260 e. The van der Waals surface area contributed by atoms with Crippen LogP contribution in [0.4, 0.5) is 4.39 Å². The Morgan fingerprint density at radius 1 is 1.07 bits per heavy atom. The molecule has 4 nitrogen and oxygen atoms in total. The molecule has 28 heavy (non-hydrogen) atoms. The van der Waals surface area contributed by atoms with Crippen molar-refractivity contribution in [2.24, 2.45) is 17.8 Å². The molecular weight excluding hydrogens is 355 g/mol. The predicted octanol–water partition coefficient (Wildman–Crippen LogP) is 3.45. The van der Waals surface area contributed by atoms with Gasteiger partial charge in [0.25, 0.3) is 5.91 Å². The van der Waals surface area contributed by atoms with Gasteiger partial charge in [-0.3, -0.25) is 4.79 Å². The number of likely N-dealkylation sites (N-methyl/N-ethyl adjacent to an activating group) is 1. The molecule has 0 radical (unpaired) electrons. The van der Waals surface area contributed by atoms with Crippen molar-refractivity contribution in [1.82, 2.24) is 9.80 Å². The van der Waals surface area contributed by atoms with Gasteiger partial charge in [-0.25, -0.2) is 4.39 Å². The predicted molar refractivity (Wildman–Crippen MR) is 106 cm³/mol. The number of ether oxygens (including phenoxy) is 1. The molecule has 4 saturated carbocycles. The molecule has 0 atom stereocenters. The maximum atomic E-state index is 14.8.